The molecule has 6 heteroatoms. The molecule has 5 nitrogen and oxygen atoms in total. The van der Waals surface area contributed by atoms with Gasteiger partial charge in [-0.1, -0.05) is 17.7 Å². The molecule has 1 atom stereocenters. The lowest BCUT2D eigenvalue weighted by molar-refractivity contribution is 0.208. The Labute approximate surface area is 146 Å². The summed E-state index contributed by atoms with van der Waals surface area (Å²) in [7, 11) is 1.55. The number of carbonyl (C=O) groups excluding carboxylic acids is 1. The Morgan fingerprint density at radius 3 is 2.88 bits per heavy atom. The highest BCUT2D eigenvalue weighted by Crippen LogP contribution is 2.35. The van der Waals surface area contributed by atoms with Gasteiger partial charge in [-0.15, -0.1) is 0 Å². The molecule has 0 fully saturated rings. The van der Waals surface area contributed by atoms with Crippen LogP contribution < -0.4 is 19.7 Å². The quantitative estimate of drug-likeness (QED) is 0.872. The highest BCUT2D eigenvalue weighted by atomic mass is 35.5. The molecule has 2 aromatic carbocycles. The maximum absolute atomic E-state index is 12.8. The molecule has 0 spiro atoms. The number of methoxy groups -OCH3 is 1. The Morgan fingerprint density at radius 2 is 2.12 bits per heavy atom. The van der Waals surface area contributed by atoms with Gasteiger partial charge in [0.25, 0.3) is 0 Å². The highest BCUT2D eigenvalue weighted by Gasteiger charge is 2.28. The van der Waals surface area contributed by atoms with Crippen LogP contribution in [0.1, 0.15) is 12.5 Å². The van der Waals surface area contributed by atoms with E-state index >= 15 is 0 Å². The van der Waals surface area contributed by atoms with Crippen molar-refractivity contribution < 1.29 is 14.3 Å². The van der Waals surface area contributed by atoms with Crippen LogP contribution in [0.2, 0.25) is 5.02 Å². The first-order chi connectivity index (χ1) is 11.5. The molecule has 126 valence electrons. The number of aryl methyl sites for hydroxylation is 1. The molecule has 0 aliphatic carbocycles. The molecule has 24 heavy (non-hydrogen) atoms. The minimum atomic E-state index is -0.252. The van der Waals surface area contributed by atoms with Crippen molar-refractivity contribution in [3.63, 3.8) is 0 Å². The molecular weight excluding hydrogens is 328 g/mol. The number of hydrogen-bond donors (Lipinski definition) is 1. The van der Waals surface area contributed by atoms with Crippen LogP contribution in [0.4, 0.5) is 16.2 Å². The molecule has 0 saturated heterocycles. The van der Waals surface area contributed by atoms with E-state index in [2.05, 4.69) is 5.32 Å². The van der Waals surface area contributed by atoms with Crippen molar-refractivity contribution in [2.24, 2.45) is 0 Å². The van der Waals surface area contributed by atoms with Crippen molar-refractivity contribution in [3.8, 4) is 11.5 Å². The average Bonchev–Trinajstić information content (AvgIpc) is 2.54. The number of nitrogens with zero attached hydrogens (tertiary/aromatic N) is 1. The number of halogens is 1. The maximum Gasteiger partial charge on any atom is 0.326 e. The van der Waals surface area contributed by atoms with Gasteiger partial charge in [0.2, 0.25) is 0 Å². The lowest BCUT2D eigenvalue weighted by atomic mass is 10.1. The Morgan fingerprint density at radius 1 is 1.33 bits per heavy atom. The summed E-state index contributed by atoms with van der Waals surface area (Å²) in [5.74, 6) is 1.26. The number of benzene rings is 2. The van der Waals surface area contributed by atoms with Crippen LogP contribution in [0.15, 0.2) is 36.4 Å². The van der Waals surface area contributed by atoms with E-state index in [1.807, 2.05) is 32.0 Å². The molecule has 1 aliphatic rings. The fourth-order valence-corrected chi connectivity index (χ4v) is 2.87. The molecule has 0 aromatic heterocycles. The van der Waals surface area contributed by atoms with E-state index in [0.29, 0.717) is 28.8 Å². The Bertz CT molecular complexity index is 779. The maximum atomic E-state index is 12.8. The summed E-state index contributed by atoms with van der Waals surface area (Å²) in [6.45, 7) is 4.38. The molecule has 0 saturated carbocycles. The number of hydrogen-bond acceptors (Lipinski definition) is 3. The van der Waals surface area contributed by atoms with Crippen LogP contribution in [-0.4, -0.2) is 25.8 Å². The Hall–Kier alpha value is -2.40. The van der Waals surface area contributed by atoms with Gasteiger partial charge in [0.05, 0.1) is 25.0 Å². The second kappa shape index (κ2) is 6.61. The van der Waals surface area contributed by atoms with Gasteiger partial charge in [0.1, 0.15) is 17.6 Å². The lowest BCUT2D eigenvalue weighted by Gasteiger charge is -2.33. The average molecular weight is 347 g/mol. The largest absolute Gasteiger partial charge is 0.495 e. The first kappa shape index (κ1) is 16.5. The fraction of sp³-hybridized carbons (Fsp3) is 0.278. The number of nitrogens with one attached hydrogen (secondary N) is 1. The Kier molecular flexibility index (Phi) is 4.53. The molecule has 1 unspecified atom stereocenters. The second-order valence-electron chi connectivity index (χ2n) is 5.79. The molecular formula is C18H19ClN2O3. The van der Waals surface area contributed by atoms with Crippen LogP contribution in [-0.2, 0) is 0 Å². The lowest BCUT2D eigenvalue weighted by Crippen LogP contribution is -2.44. The highest BCUT2D eigenvalue weighted by molar-refractivity contribution is 6.31. The number of amides is 2. The number of ether oxygens (including phenoxy) is 2. The van der Waals surface area contributed by atoms with Crippen LogP contribution in [0.5, 0.6) is 11.5 Å². The van der Waals surface area contributed by atoms with E-state index in [9.17, 15) is 4.79 Å². The van der Waals surface area contributed by atoms with Crippen LogP contribution in [0.3, 0.4) is 0 Å². The molecule has 0 radical (unpaired) electrons. The summed E-state index contributed by atoms with van der Waals surface area (Å²) in [5.41, 5.74) is 2.35. The second-order valence-corrected chi connectivity index (χ2v) is 6.22. The molecule has 2 aromatic rings. The van der Waals surface area contributed by atoms with Gasteiger partial charge < -0.3 is 14.8 Å². The van der Waals surface area contributed by atoms with Gasteiger partial charge in [-0.2, -0.15) is 0 Å². The summed E-state index contributed by atoms with van der Waals surface area (Å²) in [4.78, 5) is 14.5. The summed E-state index contributed by atoms with van der Waals surface area (Å²) in [6.07, 6.45) is -0.0905. The monoisotopic (exact) mass is 346 g/mol. The van der Waals surface area contributed by atoms with E-state index < -0.39 is 0 Å². The van der Waals surface area contributed by atoms with Crippen molar-refractivity contribution in [1.82, 2.24) is 0 Å². The normalized spacial score (nSPS) is 16.2. The zero-order valence-corrected chi connectivity index (χ0v) is 14.6. The van der Waals surface area contributed by atoms with Gasteiger partial charge in [0, 0.05) is 5.02 Å². The van der Waals surface area contributed by atoms with Crippen molar-refractivity contribution in [2.45, 2.75) is 20.0 Å². The minimum Gasteiger partial charge on any atom is -0.495 e. The Balaban J connectivity index is 1.91. The summed E-state index contributed by atoms with van der Waals surface area (Å²) in [5, 5.41) is 3.40. The van der Waals surface area contributed by atoms with Crippen molar-refractivity contribution in [2.75, 3.05) is 23.9 Å². The predicted molar refractivity (Wildman–Crippen MR) is 95.6 cm³/mol. The van der Waals surface area contributed by atoms with E-state index in [0.717, 1.165) is 11.3 Å². The third-order valence-electron chi connectivity index (χ3n) is 3.82. The molecule has 3 rings (SSSR count). The van der Waals surface area contributed by atoms with Gasteiger partial charge in [-0.3, -0.25) is 4.90 Å². The van der Waals surface area contributed by atoms with E-state index in [4.69, 9.17) is 21.1 Å². The van der Waals surface area contributed by atoms with Gasteiger partial charge >= 0.3 is 6.03 Å². The number of carbonyl (C=O) groups is 1. The van der Waals surface area contributed by atoms with Crippen molar-refractivity contribution in [1.29, 1.82) is 0 Å². The van der Waals surface area contributed by atoms with Gasteiger partial charge in [-0.05, 0) is 49.7 Å². The first-order valence-electron chi connectivity index (χ1n) is 7.67. The van der Waals surface area contributed by atoms with Gasteiger partial charge in [0.15, 0.2) is 0 Å². The molecule has 0 bridgehead atoms. The van der Waals surface area contributed by atoms with Crippen LogP contribution in [0.25, 0.3) is 0 Å². The number of anilines is 2. The molecule has 1 heterocycles. The van der Waals surface area contributed by atoms with Crippen molar-refractivity contribution in [3.05, 3.63) is 47.0 Å². The predicted octanol–water partition coefficient (Wildman–Crippen LogP) is 4.48. The number of fused-ring (bicyclic) bond motifs is 1. The number of rotatable bonds is 2. The zero-order valence-electron chi connectivity index (χ0n) is 13.8. The van der Waals surface area contributed by atoms with Gasteiger partial charge in [-0.25, -0.2) is 4.79 Å². The van der Waals surface area contributed by atoms with E-state index in [-0.39, 0.29) is 12.1 Å². The minimum absolute atomic E-state index is 0.0905. The SMILES string of the molecule is COc1ccc(Cl)cc1NC(=O)N1CC(C)Oc2ccc(C)cc21. The fourth-order valence-electron chi connectivity index (χ4n) is 2.70. The number of urea groups is 1. The van der Waals surface area contributed by atoms with Crippen LogP contribution >= 0.6 is 11.6 Å². The summed E-state index contributed by atoms with van der Waals surface area (Å²) in [6, 6.07) is 10.6. The van der Waals surface area contributed by atoms with Crippen LogP contribution in [0, 0.1) is 6.92 Å². The third-order valence-corrected chi connectivity index (χ3v) is 4.06. The van der Waals surface area contributed by atoms with E-state index in [1.54, 1.807) is 30.2 Å². The first-order valence-corrected chi connectivity index (χ1v) is 8.05. The third kappa shape index (κ3) is 3.26. The topological polar surface area (TPSA) is 50.8 Å². The molecule has 1 aliphatic heterocycles. The zero-order chi connectivity index (χ0) is 17.3. The van der Waals surface area contributed by atoms with Crippen molar-refractivity contribution >= 4 is 29.0 Å². The molecule has 1 N–H and O–H groups in total. The smallest absolute Gasteiger partial charge is 0.326 e. The standard InChI is InChI=1S/C18H19ClN2O3/c1-11-4-6-17-15(8-11)21(10-12(2)24-17)18(22)20-14-9-13(19)5-7-16(14)23-3/h4-9,12H,10H2,1-3H3,(H,20,22). The molecule has 2 amide bonds. The van der Waals surface area contributed by atoms with E-state index in [1.165, 1.54) is 0 Å². The summed E-state index contributed by atoms with van der Waals surface area (Å²) < 4.78 is 11.1. The summed E-state index contributed by atoms with van der Waals surface area (Å²) >= 11 is 6.03.